The summed E-state index contributed by atoms with van der Waals surface area (Å²) in [6.07, 6.45) is 2.15. The van der Waals surface area contributed by atoms with Gasteiger partial charge in [0.2, 0.25) is 0 Å². The normalized spacial score (nSPS) is 16.2. The van der Waals surface area contributed by atoms with Gasteiger partial charge in [-0.15, -0.1) is 0 Å². The molecule has 2 aromatic carbocycles. The van der Waals surface area contributed by atoms with Crippen LogP contribution >= 0.6 is 0 Å². The fourth-order valence-electron chi connectivity index (χ4n) is 3.31. The monoisotopic (exact) mass is 380 g/mol. The summed E-state index contributed by atoms with van der Waals surface area (Å²) in [5.41, 5.74) is 2.23. The summed E-state index contributed by atoms with van der Waals surface area (Å²) in [7, 11) is 0. The van der Waals surface area contributed by atoms with Gasteiger partial charge in [0.05, 0.1) is 6.10 Å². The molecule has 1 fully saturated rings. The first-order valence-corrected chi connectivity index (χ1v) is 9.89. The molecule has 0 saturated carbocycles. The molecule has 148 valence electrons. The summed E-state index contributed by atoms with van der Waals surface area (Å²) in [6, 6.07) is 16.9. The molecule has 1 N–H and O–H groups in total. The summed E-state index contributed by atoms with van der Waals surface area (Å²) >= 11 is 0. The first-order chi connectivity index (χ1) is 13.5. The van der Waals surface area contributed by atoms with Crippen LogP contribution in [0.3, 0.4) is 0 Å². The number of ether oxygens (including phenoxy) is 1. The van der Waals surface area contributed by atoms with Crippen LogP contribution in [0.4, 0.5) is 0 Å². The molecule has 3 rings (SSSR count). The van der Waals surface area contributed by atoms with E-state index in [0.29, 0.717) is 24.2 Å². The van der Waals surface area contributed by atoms with Crippen LogP contribution < -0.4 is 5.32 Å². The number of carbonyl (C=O) groups is 2. The van der Waals surface area contributed by atoms with Crippen LogP contribution in [0, 0.1) is 0 Å². The topological polar surface area (TPSA) is 58.6 Å². The smallest absolute Gasteiger partial charge is 0.254 e. The number of benzene rings is 2. The Morgan fingerprint density at radius 1 is 1.07 bits per heavy atom. The fourth-order valence-corrected chi connectivity index (χ4v) is 3.31. The molecule has 28 heavy (non-hydrogen) atoms. The first-order valence-electron chi connectivity index (χ1n) is 9.89. The van der Waals surface area contributed by atoms with Crippen molar-refractivity contribution in [3.05, 3.63) is 71.3 Å². The highest BCUT2D eigenvalue weighted by Gasteiger charge is 2.20. The Hall–Kier alpha value is -2.66. The lowest BCUT2D eigenvalue weighted by Crippen LogP contribution is -2.36. The second-order valence-electron chi connectivity index (χ2n) is 7.43. The Morgan fingerprint density at radius 2 is 1.75 bits per heavy atom. The maximum atomic E-state index is 13.0. The van der Waals surface area contributed by atoms with Gasteiger partial charge in [0.15, 0.2) is 0 Å². The molecule has 1 aliphatic heterocycles. The molecular formula is C23H28N2O3. The van der Waals surface area contributed by atoms with Crippen molar-refractivity contribution in [1.29, 1.82) is 0 Å². The van der Waals surface area contributed by atoms with E-state index >= 15 is 0 Å². The van der Waals surface area contributed by atoms with Gasteiger partial charge < -0.3 is 15.0 Å². The molecule has 5 nitrogen and oxygen atoms in total. The van der Waals surface area contributed by atoms with Crippen LogP contribution in [0.2, 0.25) is 0 Å². The zero-order valence-corrected chi connectivity index (χ0v) is 16.6. The minimum absolute atomic E-state index is 0.0369. The largest absolute Gasteiger partial charge is 0.376 e. The van der Waals surface area contributed by atoms with E-state index in [2.05, 4.69) is 5.32 Å². The Morgan fingerprint density at radius 3 is 2.36 bits per heavy atom. The second kappa shape index (κ2) is 9.51. The van der Waals surface area contributed by atoms with Crippen molar-refractivity contribution >= 4 is 11.8 Å². The van der Waals surface area contributed by atoms with E-state index in [1.807, 2.05) is 49.1 Å². The molecule has 0 aromatic heterocycles. The zero-order chi connectivity index (χ0) is 19.9. The van der Waals surface area contributed by atoms with Crippen LogP contribution in [0.15, 0.2) is 54.6 Å². The third-order valence-electron chi connectivity index (χ3n) is 4.99. The summed E-state index contributed by atoms with van der Waals surface area (Å²) in [6.45, 7) is 5.87. The number of hydrogen-bond donors (Lipinski definition) is 1. The average Bonchev–Trinajstić information content (AvgIpc) is 3.24. The molecular weight excluding hydrogens is 352 g/mol. The van der Waals surface area contributed by atoms with Crippen molar-refractivity contribution in [3.8, 4) is 0 Å². The molecule has 1 heterocycles. The van der Waals surface area contributed by atoms with Gasteiger partial charge in [-0.25, -0.2) is 0 Å². The molecule has 1 atom stereocenters. The third-order valence-corrected chi connectivity index (χ3v) is 4.99. The van der Waals surface area contributed by atoms with Gasteiger partial charge in [0.1, 0.15) is 0 Å². The minimum Gasteiger partial charge on any atom is -0.376 e. The highest BCUT2D eigenvalue weighted by Crippen LogP contribution is 2.15. The van der Waals surface area contributed by atoms with Gasteiger partial charge >= 0.3 is 0 Å². The molecule has 1 unspecified atom stereocenters. The van der Waals surface area contributed by atoms with Crippen LogP contribution in [0.1, 0.15) is 53.0 Å². The van der Waals surface area contributed by atoms with Crippen molar-refractivity contribution < 1.29 is 14.3 Å². The van der Waals surface area contributed by atoms with Gasteiger partial charge in [0, 0.05) is 36.9 Å². The summed E-state index contributed by atoms with van der Waals surface area (Å²) in [5, 5.41) is 2.90. The van der Waals surface area contributed by atoms with Crippen molar-refractivity contribution in [3.63, 3.8) is 0 Å². The molecule has 0 radical (unpaired) electrons. The van der Waals surface area contributed by atoms with Gasteiger partial charge in [-0.05, 0) is 56.5 Å². The van der Waals surface area contributed by atoms with Crippen LogP contribution in [-0.2, 0) is 11.3 Å². The number of rotatable bonds is 7. The number of nitrogens with zero attached hydrogens (tertiary/aromatic N) is 1. The average molecular weight is 380 g/mol. The fraction of sp³-hybridized carbons (Fsp3) is 0.391. The van der Waals surface area contributed by atoms with E-state index in [-0.39, 0.29) is 24.0 Å². The number of amides is 2. The SMILES string of the molecule is CC(C)N(Cc1ccccc1)C(=O)c1ccc(C(=O)NCC2CCCO2)cc1. The van der Waals surface area contributed by atoms with Crippen LogP contribution in [-0.4, -0.2) is 42.0 Å². The molecule has 0 aliphatic carbocycles. The molecule has 2 amide bonds. The third kappa shape index (κ3) is 5.20. The van der Waals surface area contributed by atoms with Gasteiger partial charge in [-0.1, -0.05) is 30.3 Å². The van der Waals surface area contributed by atoms with E-state index in [4.69, 9.17) is 4.74 Å². The van der Waals surface area contributed by atoms with E-state index in [9.17, 15) is 9.59 Å². The predicted molar refractivity (Wildman–Crippen MR) is 109 cm³/mol. The Kier molecular flexibility index (Phi) is 6.82. The maximum absolute atomic E-state index is 13.0. The molecule has 0 spiro atoms. The maximum Gasteiger partial charge on any atom is 0.254 e. The molecule has 1 aliphatic rings. The lowest BCUT2D eigenvalue weighted by molar-refractivity contribution is 0.0690. The van der Waals surface area contributed by atoms with Crippen LogP contribution in [0.5, 0.6) is 0 Å². The van der Waals surface area contributed by atoms with Gasteiger partial charge in [-0.3, -0.25) is 9.59 Å². The zero-order valence-electron chi connectivity index (χ0n) is 16.6. The quantitative estimate of drug-likeness (QED) is 0.798. The molecule has 2 aromatic rings. The van der Waals surface area contributed by atoms with E-state index in [1.54, 1.807) is 24.3 Å². The summed E-state index contributed by atoms with van der Waals surface area (Å²) in [5.74, 6) is -0.176. The summed E-state index contributed by atoms with van der Waals surface area (Å²) < 4.78 is 5.52. The van der Waals surface area contributed by atoms with E-state index < -0.39 is 0 Å². The molecule has 1 saturated heterocycles. The van der Waals surface area contributed by atoms with E-state index in [1.165, 1.54) is 0 Å². The van der Waals surface area contributed by atoms with Gasteiger partial charge in [0.25, 0.3) is 11.8 Å². The first kappa shape index (κ1) is 20.1. The molecule has 0 bridgehead atoms. The van der Waals surface area contributed by atoms with Crippen molar-refractivity contribution in [2.24, 2.45) is 0 Å². The number of hydrogen-bond acceptors (Lipinski definition) is 3. The minimum atomic E-state index is -0.139. The highest BCUT2D eigenvalue weighted by atomic mass is 16.5. The van der Waals surface area contributed by atoms with Crippen molar-refractivity contribution in [2.75, 3.05) is 13.2 Å². The summed E-state index contributed by atoms with van der Waals surface area (Å²) in [4.78, 5) is 27.1. The standard InChI is InChI=1S/C23H28N2O3/c1-17(2)25(16-18-7-4-3-5-8-18)23(27)20-12-10-19(11-13-20)22(26)24-15-21-9-6-14-28-21/h3-5,7-8,10-13,17,21H,6,9,14-16H2,1-2H3,(H,24,26). The number of carbonyl (C=O) groups excluding carboxylic acids is 2. The molecule has 5 heteroatoms. The lowest BCUT2D eigenvalue weighted by atomic mass is 10.1. The predicted octanol–water partition coefficient (Wildman–Crippen LogP) is 3.65. The lowest BCUT2D eigenvalue weighted by Gasteiger charge is -2.27. The van der Waals surface area contributed by atoms with E-state index in [0.717, 1.165) is 25.0 Å². The Labute approximate surface area is 166 Å². The second-order valence-corrected chi connectivity index (χ2v) is 7.43. The number of nitrogens with one attached hydrogen (secondary N) is 1. The van der Waals surface area contributed by atoms with Crippen LogP contribution in [0.25, 0.3) is 0 Å². The highest BCUT2D eigenvalue weighted by molar-refractivity contribution is 5.97. The Bertz CT molecular complexity index is 781. The van der Waals surface area contributed by atoms with Crippen molar-refractivity contribution in [1.82, 2.24) is 10.2 Å². The Balaban J connectivity index is 1.63. The van der Waals surface area contributed by atoms with Gasteiger partial charge in [-0.2, -0.15) is 0 Å². The van der Waals surface area contributed by atoms with Crippen molar-refractivity contribution in [2.45, 2.75) is 45.4 Å².